The summed E-state index contributed by atoms with van der Waals surface area (Å²) in [6.45, 7) is 1.55. The van der Waals surface area contributed by atoms with E-state index in [4.69, 9.17) is 0 Å². The van der Waals surface area contributed by atoms with Gasteiger partial charge in [-0.25, -0.2) is 0 Å². The third-order valence-electron chi connectivity index (χ3n) is 1.64. The summed E-state index contributed by atoms with van der Waals surface area (Å²) in [7, 11) is 0. The minimum atomic E-state index is -1.28. The topological polar surface area (TPSA) is 27.5 Å². The lowest BCUT2D eigenvalue weighted by atomic mass is 10.1. The standard InChI is InChI=1S/C8H10FNO/c1-7(10(9)11)8-5-3-2-4-6-8/h2-7,10H,1H3. The molecule has 11 heavy (non-hydrogen) atoms. The minimum Gasteiger partial charge on any atom is -0.594 e. The summed E-state index contributed by atoms with van der Waals surface area (Å²) in [6.07, 6.45) is 0. The summed E-state index contributed by atoms with van der Waals surface area (Å²) in [5.41, 5.74) is 0.722. The van der Waals surface area contributed by atoms with E-state index in [1.54, 1.807) is 31.2 Å². The molecular weight excluding hydrogens is 145 g/mol. The summed E-state index contributed by atoms with van der Waals surface area (Å²) in [6, 6.07) is 8.25. The van der Waals surface area contributed by atoms with Crippen LogP contribution in [0.15, 0.2) is 30.3 Å². The second-order valence-corrected chi connectivity index (χ2v) is 2.44. The van der Waals surface area contributed by atoms with Gasteiger partial charge < -0.3 is 5.21 Å². The van der Waals surface area contributed by atoms with Gasteiger partial charge in [0, 0.05) is 5.56 Å². The fourth-order valence-corrected chi connectivity index (χ4v) is 0.873. The molecule has 2 nitrogen and oxygen atoms in total. The molecule has 0 spiro atoms. The molecule has 3 heteroatoms. The molecule has 1 rings (SSSR count). The van der Waals surface area contributed by atoms with E-state index in [1.165, 1.54) is 0 Å². The number of hydroxylamine groups is 1. The first-order valence-corrected chi connectivity index (χ1v) is 3.46. The van der Waals surface area contributed by atoms with Crippen LogP contribution in [-0.4, -0.2) is 0 Å². The molecule has 1 N–H and O–H groups in total. The van der Waals surface area contributed by atoms with Crippen LogP contribution in [0.3, 0.4) is 0 Å². The molecule has 0 bridgehead atoms. The highest BCUT2D eigenvalue weighted by atomic mass is 19.2. The second kappa shape index (κ2) is 3.46. The average Bonchev–Trinajstić information content (AvgIpc) is 2.05. The molecule has 0 radical (unpaired) electrons. The zero-order valence-corrected chi connectivity index (χ0v) is 6.25. The number of hydrogen-bond donors (Lipinski definition) is 1. The third kappa shape index (κ3) is 2.00. The van der Waals surface area contributed by atoms with Crippen LogP contribution >= 0.6 is 0 Å². The average molecular weight is 155 g/mol. The molecule has 0 aliphatic carbocycles. The maximum Gasteiger partial charge on any atom is 0.145 e. The predicted octanol–water partition coefficient (Wildman–Crippen LogP) is 1.01. The molecule has 0 heterocycles. The van der Waals surface area contributed by atoms with Crippen LogP contribution in [0.4, 0.5) is 4.48 Å². The molecule has 60 valence electrons. The zero-order valence-electron chi connectivity index (χ0n) is 6.25. The van der Waals surface area contributed by atoms with Crippen LogP contribution in [0.5, 0.6) is 0 Å². The van der Waals surface area contributed by atoms with Crippen molar-refractivity contribution in [1.29, 1.82) is 0 Å². The normalized spacial score (nSPS) is 15.9. The van der Waals surface area contributed by atoms with E-state index in [-0.39, 0.29) is 0 Å². The van der Waals surface area contributed by atoms with Crippen molar-refractivity contribution in [3.8, 4) is 0 Å². The van der Waals surface area contributed by atoms with Gasteiger partial charge in [-0.2, -0.15) is 5.29 Å². The lowest BCUT2D eigenvalue weighted by Gasteiger charge is -2.16. The Morgan fingerprint density at radius 2 is 1.91 bits per heavy atom. The lowest BCUT2D eigenvalue weighted by Crippen LogP contribution is -2.99. The van der Waals surface area contributed by atoms with Gasteiger partial charge in [-0.3, -0.25) is 0 Å². The Bertz CT molecular complexity index is 213. The first-order valence-electron chi connectivity index (χ1n) is 3.46. The van der Waals surface area contributed by atoms with Crippen LogP contribution in [0.2, 0.25) is 0 Å². The maximum absolute atomic E-state index is 12.1. The zero-order chi connectivity index (χ0) is 8.27. The van der Waals surface area contributed by atoms with Gasteiger partial charge in [0.25, 0.3) is 0 Å². The number of benzene rings is 1. The minimum absolute atomic E-state index is 0.629. The molecule has 0 saturated carbocycles. The Hall–Kier alpha value is -0.930. The molecule has 0 aromatic heterocycles. The number of halogens is 1. The number of quaternary nitrogens is 1. The van der Waals surface area contributed by atoms with Gasteiger partial charge in [-0.1, -0.05) is 30.3 Å². The summed E-state index contributed by atoms with van der Waals surface area (Å²) in [4.78, 5) is 0. The van der Waals surface area contributed by atoms with Crippen LogP contribution in [-0.2, 0) is 0 Å². The maximum atomic E-state index is 12.1. The molecule has 2 atom stereocenters. The molecule has 0 saturated heterocycles. The first kappa shape index (κ1) is 8.17. The van der Waals surface area contributed by atoms with E-state index in [9.17, 15) is 9.69 Å². The van der Waals surface area contributed by atoms with Crippen molar-refractivity contribution < 1.29 is 9.77 Å². The van der Waals surface area contributed by atoms with E-state index in [2.05, 4.69) is 0 Å². The second-order valence-electron chi connectivity index (χ2n) is 2.44. The third-order valence-corrected chi connectivity index (χ3v) is 1.64. The highest BCUT2D eigenvalue weighted by Gasteiger charge is 2.10. The van der Waals surface area contributed by atoms with Gasteiger partial charge in [0.05, 0.1) is 0 Å². The van der Waals surface area contributed by atoms with E-state index in [0.717, 1.165) is 5.56 Å². The lowest BCUT2D eigenvalue weighted by molar-refractivity contribution is -1.02. The monoisotopic (exact) mass is 155 g/mol. The van der Waals surface area contributed by atoms with E-state index >= 15 is 0 Å². The van der Waals surface area contributed by atoms with Crippen molar-refractivity contribution in [2.45, 2.75) is 13.0 Å². The molecule has 2 unspecified atom stereocenters. The van der Waals surface area contributed by atoms with Gasteiger partial charge in [-0.15, -0.1) is 0 Å². The van der Waals surface area contributed by atoms with E-state index in [0.29, 0.717) is 0 Å². The Kier molecular flexibility index (Phi) is 2.57. The SMILES string of the molecule is CC(c1ccccc1)[NH+]([O-])F. The fourth-order valence-electron chi connectivity index (χ4n) is 0.873. The molecule has 0 aliphatic rings. The summed E-state index contributed by atoms with van der Waals surface area (Å²) in [5.74, 6) is 0. The van der Waals surface area contributed by atoms with E-state index < -0.39 is 11.3 Å². The van der Waals surface area contributed by atoms with E-state index in [1.807, 2.05) is 6.07 Å². The predicted molar refractivity (Wildman–Crippen MR) is 40.3 cm³/mol. The van der Waals surface area contributed by atoms with Crippen molar-refractivity contribution in [2.75, 3.05) is 0 Å². The quantitative estimate of drug-likeness (QED) is 0.501. The van der Waals surface area contributed by atoms with Crippen LogP contribution in [0.25, 0.3) is 0 Å². The van der Waals surface area contributed by atoms with Crippen molar-refractivity contribution in [1.82, 2.24) is 0 Å². The van der Waals surface area contributed by atoms with Gasteiger partial charge >= 0.3 is 0 Å². The summed E-state index contributed by atoms with van der Waals surface area (Å²) >= 11 is 0. The van der Waals surface area contributed by atoms with Crippen LogP contribution in [0, 0.1) is 5.21 Å². The number of hydrogen-bond acceptors (Lipinski definition) is 1. The smallest absolute Gasteiger partial charge is 0.145 e. The van der Waals surface area contributed by atoms with Gasteiger partial charge in [0.1, 0.15) is 6.04 Å². The number of rotatable bonds is 2. The highest BCUT2D eigenvalue weighted by Crippen LogP contribution is 2.06. The molecular formula is C8H10FNO. The van der Waals surface area contributed by atoms with Crippen molar-refractivity contribution in [3.63, 3.8) is 0 Å². The van der Waals surface area contributed by atoms with Crippen molar-refractivity contribution in [3.05, 3.63) is 41.1 Å². The van der Waals surface area contributed by atoms with Gasteiger partial charge in [0.15, 0.2) is 0 Å². The Morgan fingerprint density at radius 1 is 1.36 bits per heavy atom. The molecule has 0 fully saturated rings. The van der Waals surface area contributed by atoms with Gasteiger partial charge in [0.2, 0.25) is 0 Å². The highest BCUT2D eigenvalue weighted by molar-refractivity contribution is 5.16. The van der Waals surface area contributed by atoms with Gasteiger partial charge in [-0.05, 0) is 11.4 Å². The molecule has 1 aromatic carbocycles. The molecule has 0 amide bonds. The Labute approximate surface area is 64.8 Å². The summed E-state index contributed by atoms with van der Waals surface area (Å²) < 4.78 is 12.1. The molecule has 1 aromatic rings. The number of nitrogens with one attached hydrogen (secondary N) is 1. The van der Waals surface area contributed by atoms with Crippen LogP contribution < -0.4 is 5.29 Å². The van der Waals surface area contributed by atoms with Crippen LogP contribution in [0.1, 0.15) is 18.5 Å². The Morgan fingerprint density at radius 3 is 2.36 bits per heavy atom. The van der Waals surface area contributed by atoms with Crippen molar-refractivity contribution in [2.24, 2.45) is 0 Å². The first-order chi connectivity index (χ1) is 5.22. The largest absolute Gasteiger partial charge is 0.594 e. The summed E-state index contributed by atoms with van der Waals surface area (Å²) in [5, 5.41) is 9.00. The fraction of sp³-hybridized carbons (Fsp3) is 0.250. The Balaban J connectivity index is 2.77. The molecule has 0 aliphatic heterocycles. The van der Waals surface area contributed by atoms with Crippen molar-refractivity contribution >= 4 is 0 Å².